The van der Waals surface area contributed by atoms with Gasteiger partial charge < -0.3 is 10.6 Å². The van der Waals surface area contributed by atoms with Crippen LogP contribution in [0.3, 0.4) is 0 Å². The van der Waals surface area contributed by atoms with Crippen molar-refractivity contribution in [2.45, 2.75) is 20.3 Å². The summed E-state index contributed by atoms with van der Waals surface area (Å²) < 4.78 is 1.14. The second kappa shape index (κ2) is 6.92. The molecule has 0 aliphatic heterocycles. The minimum Gasteiger partial charge on any atom is -0.385 e. The Morgan fingerprint density at radius 1 is 1.31 bits per heavy atom. The molecule has 1 rings (SSSR count). The first-order valence-electron chi connectivity index (χ1n) is 5.82. The maximum absolute atomic E-state index is 3.52. The molecule has 0 aromatic heterocycles. The van der Waals surface area contributed by atoms with Gasteiger partial charge in [0.05, 0.1) is 0 Å². The molecule has 0 amide bonds. The molecule has 90 valence electrons. The molecule has 0 saturated heterocycles. The van der Waals surface area contributed by atoms with Crippen molar-refractivity contribution in [3.05, 3.63) is 28.2 Å². The van der Waals surface area contributed by atoms with Crippen molar-refractivity contribution in [3.8, 4) is 0 Å². The lowest BCUT2D eigenvalue weighted by Gasteiger charge is -2.17. The summed E-state index contributed by atoms with van der Waals surface area (Å²) in [5.74, 6) is 0.688. The number of halogens is 1. The van der Waals surface area contributed by atoms with Crippen molar-refractivity contribution in [1.29, 1.82) is 0 Å². The molecule has 0 bridgehead atoms. The minimum atomic E-state index is 0.688. The fourth-order valence-electron chi connectivity index (χ4n) is 1.73. The van der Waals surface area contributed by atoms with E-state index in [0.717, 1.165) is 17.6 Å². The van der Waals surface area contributed by atoms with Gasteiger partial charge in [0.1, 0.15) is 0 Å². The topological polar surface area (TPSA) is 24.1 Å². The van der Waals surface area contributed by atoms with Crippen LogP contribution in [0.1, 0.15) is 18.9 Å². The van der Waals surface area contributed by atoms with Crippen molar-refractivity contribution < 1.29 is 0 Å². The zero-order valence-electron chi connectivity index (χ0n) is 10.3. The average Bonchev–Trinajstić information content (AvgIpc) is 2.26. The van der Waals surface area contributed by atoms with E-state index in [2.05, 4.69) is 58.6 Å². The van der Waals surface area contributed by atoms with Gasteiger partial charge in [-0.1, -0.05) is 29.3 Å². The van der Waals surface area contributed by atoms with Gasteiger partial charge in [-0.25, -0.2) is 0 Å². The summed E-state index contributed by atoms with van der Waals surface area (Å²) >= 11 is 3.48. The van der Waals surface area contributed by atoms with Crippen molar-refractivity contribution in [2.24, 2.45) is 5.92 Å². The summed E-state index contributed by atoms with van der Waals surface area (Å²) in [5, 5.41) is 6.75. The van der Waals surface area contributed by atoms with Crippen LogP contribution < -0.4 is 10.6 Å². The van der Waals surface area contributed by atoms with Crippen molar-refractivity contribution in [1.82, 2.24) is 5.32 Å². The molecule has 0 aliphatic rings. The van der Waals surface area contributed by atoms with Gasteiger partial charge in [-0.3, -0.25) is 0 Å². The second-order valence-electron chi connectivity index (χ2n) is 4.17. The van der Waals surface area contributed by atoms with Gasteiger partial charge in [0, 0.05) is 16.7 Å². The van der Waals surface area contributed by atoms with E-state index in [-0.39, 0.29) is 0 Å². The van der Waals surface area contributed by atoms with E-state index in [0.29, 0.717) is 5.92 Å². The normalized spacial score (nSPS) is 12.5. The van der Waals surface area contributed by atoms with E-state index in [1.165, 1.54) is 17.7 Å². The van der Waals surface area contributed by atoms with Gasteiger partial charge in [-0.15, -0.1) is 0 Å². The van der Waals surface area contributed by atoms with Crippen LogP contribution in [0, 0.1) is 12.8 Å². The first-order chi connectivity index (χ1) is 7.67. The first-order valence-corrected chi connectivity index (χ1v) is 6.61. The average molecular weight is 285 g/mol. The van der Waals surface area contributed by atoms with E-state index < -0.39 is 0 Å². The van der Waals surface area contributed by atoms with E-state index in [9.17, 15) is 0 Å². The van der Waals surface area contributed by atoms with Crippen molar-refractivity contribution in [3.63, 3.8) is 0 Å². The number of hydrogen-bond acceptors (Lipinski definition) is 2. The lowest BCUT2D eigenvalue weighted by atomic mass is 10.1. The summed E-state index contributed by atoms with van der Waals surface area (Å²) in [6.07, 6.45) is 1.20. The predicted molar refractivity (Wildman–Crippen MR) is 75.1 cm³/mol. The molecule has 0 spiro atoms. The molecule has 1 unspecified atom stereocenters. The van der Waals surface area contributed by atoms with Crippen LogP contribution in [0.4, 0.5) is 5.69 Å². The lowest BCUT2D eigenvalue weighted by molar-refractivity contribution is 0.506. The SMILES string of the molecule is CCC(CNC)CNc1ccc(Br)cc1C. The van der Waals surface area contributed by atoms with E-state index in [1.807, 2.05) is 7.05 Å². The van der Waals surface area contributed by atoms with Crippen molar-refractivity contribution >= 4 is 21.6 Å². The molecule has 0 radical (unpaired) electrons. The number of anilines is 1. The van der Waals surface area contributed by atoms with Crippen LogP contribution in [-0.2, 0) is 0 Å². The number of rotatable bonds is 6. The van der Waals surface area contributed by atoms with Crippen LogP contribution in [-0.4, -0.2) is 20.1 Å². The summed E-state index contributed by atoms with van der Waals surface area (Å²) in [7, 11) is 2.01. The maximum Gasteiger partial charge on any atom is 0.0370 e. The fourth-order valence-corrected chi connectivity index (χ4v) is 2.20. The van der Waals surface area contributed by atoms with E-state index in [4.69, 9.17) is 0 Å². The van der Waals surface area contributed by atoms with Gasteiger partial charge in [0.25, 0.3) is 0 Å². The van der Waals surface area contributed by atoms with Crippen LogP contribution in [0.25, 0.3) is 0 Å². The van der Waals surface area contributed by atoms with Crippen LogP contribution in [0.15, 0.2) is 22.7 Å². The molecule has 2 N–H and O–H groups in total. The summed E-state index contributed by atoms with van der Waals surface area (Å²) in [4.78, 5) is 0. The number of aryl methyl sites for hydroxylation is 1. The Morgan fingerprint density at radius 2 is 2.06 bits per heavy atom. The summed E-state index contributed by atoms with van der Waals surface area (Å²) in [6.45, 7) is 6.46. The summed E-state index contributed by atoms with van der Waals surface area (Å²) in [5.41, 5.74) is 2.52. The third-order valence-electron chi connectivity index (χ3n) is 2.84. The molecule has 0 saturated carbocycles. The molecule has 16 heavy (non-hydrogen) atoms. The Hall–Kier alpha value is -0.540. The standard InChI is InChI=1S/C13H21BrN2/c1-4-11(8-15-3)9-16-13-6-5-12(14)7-10(13)2/h5-7,11,15-16H,4,8-9H2,1-3H3. The highest BCUT2D eigenvalue weighted by atomic mass is 79.9. The Balaban J connectivity index is 2.53. The molecule has 0 aliphatic carbocycles. The zero-order chi connectivity index (χ0) is 12.0. The molecule has 2 nitrogen and oxygen atoms in total. The molecule has 1 aromatic carbocycles. The monoisotopic (exact) mass is 284 g/mol. The Labute approximate surface area is 107 Å². The third kappa shape index (κ3) is 4.14. The Morgan fingerprint density at radius 3 is 2.62 bits per heavy atom. The quantitative estimate of drug-likeness (QED) is 0.837. The molecular formula is C13H21BrN2. The number of hydrogen-bond donors (Lipinski definition) is 2. The van der Waals surface area contributed by atoms with Crippen LogP contribution in [0.5, 0.6) is 0 Å². The molecule has 0 heterocycles. The molecule has 1 atom stereocenters. The lowest BCUT2D eigenvalue weighted by Crippen LogP contribution is -2.25. The van der Waals surface area contributed by atoms with Crippen LogP contribution >= 0.6 is 15.9 Å². The van der Waals surface area contributed by atoms with Gasteiger partial charge in [-0.2, -0.15) is 0 Å². The summed E-state index contributed by atoms with van der Waals surface area (Å²) in [6, 6.07) is 6.35. The van der Waals surface area contributed by atoms with Gasteiger partial charge >= 0.3 is 0 Å². The highest BCUT2D eigenvalue weighted by Gasteiger charge is 2.05. The Bertz CT molecular complexity index is 326. The number of nitrogens with one attached hydrogen (secondary N) is 2. The smallest absolute Gasteiger partial charge is 0.0370 e. The molecule has 1 aromatic rings. The third-order valence-corrected chi connectivity index (χ3v) is 3.33. The van der Waals surface area contributed by atoms with Crippen molar-refractivity contribution in [2.75, 3.05) is 25.5 Å². The molecule has 3 heteroatoms. The Kier molecular flexibility index (Phi) is 5.85. The number of benzene rings is 1. The largest absolute Gasteiger partial charge is 0.385 e. The molecular weight excluding hydrogens is 264 g/mol. The zero-order valence-corrected chi connectivity index (χ0v) is 11.9. The maximum atomic E-state index is 3.52. The fraction of sp³-hybridized carbons (Fsp3) is 0.538. The van der Waals surface area contributed by atoms with E-state index >= 15 is 0 Å². The minimum absolute atomic E-state index is 0.688. The highest BCUT2D eigenvalue weighted by molar-refractivity contribution is 9.10. The predicted octanol–water partition coefficient (Wildman–Crippen LogP) is 3.42. The van der Waals surface area contributed by atoms with Gasteiger partial charge in [-0.05, 0) is 50.2 Å². The van der Waals surface area contributed by atoms with Gasteiger partial charge in [0.2, 0.25) is 0 Å². The van der Waals surface area contributed by atoms with Gasteiger partial charge in [0.15, 0.2) is 0 Å². The second-order valence-corrected chi connectivity index (χ2v) is 5.09. The molecule has 0 fully saturated rings. The first kappa shape index (κ1) is 13.5. The van der Waals surface area contributed by atoms with E-state index in [1.54, 1.807) is 0 Å². The van der Waals surface area contributed by atoms with Crippen LogP contribution in [0.2, 0.25) is 0 Å². The highest BCUT2D eigenvalue weighted by Crippen LogP contribution is 2.20.